The lowest BCUT2D eigenvalue weighted by atomic mass is 9.91. The van der Waals surface area contributed by atoms with Crippen LogP contribution in [0.3, 0.4) is 0 Å². The van der Waals surface area contributed by atoms with Gasteiger partial charge in [-0.05, 0) is 65.5 Å². The highest BCUT2D eigenvalue weighted by Crippen LogP contribution is 2.27. The van der Waals surface area contributed by atoms with Crippen molar-refractivity contribution in [3.63, 3.8) is 0 Å². The molecule has 0 bridgehead atoms. The van der Waals surface area contributed by atoms with E-state index >= 15 is 0 Å². The summed E-state index contributed by atoms with van der Waals surface area (Å²) in [4.78, 5) is 11.9. The van der Waals surface area contributed by atoms with Crippen LogP contribution in [0.5, 0.6) is 0 Å². The van der Waals surface area contributed by atoms with Gasteiger partial charge in [0.1, 0.15) is 5.69 Å². The van der Waals surface area contributed by atoms with Crippen molar-refractivity contribution in [2.75, 3.05) is 13.1 Å². The number of likely N-dealkylation sites (tertiary alicyclic amines) is 1. The fraction of sp³-hybridized carbons (Fsp3) is 0.632. The van der Waals surface area contributed by atoms with Crippen LogP contribution >= 0.6 is 0 Å². The zero-order chi connectivity index (χ0) is 17.1. The van der Waals surface area contributed by atoms with E-state index in [0.29, 0.717) is 18.0 Å². The first kappa shape index (κ1) is 17.1. The molecule has 130 valence electrons. The number of rotatable bonds is 5. The van der Waals surface area contributed by atoms with Gasteiger partial charge in [0.15, 0.2) is 0 Å². The molecule has 1 fully saturated rings. The molecule has 1 aliphatic rings. The van der Waals surface area contributed by atoms with Crippen molar-refractivity contribution < 1.29 is 0 Å². The van der Waals surface area contributed by atoms with Gasteiger partial charge >= 0.3 is 0 Å². The van der Waals surface area contributed by atoms with Gasteiger partial charge in [-0.2, -0.15) is 5.10 Å². The van der Waals surface area contributed by atoms with Crippen molar-refractivity contribution in [2.24, 2.45) is 5.92 Å². The van der Waals surface area contributed by atoms with Gasteiger partial charge in [-0.15, -0.1) is 0 Å². The van der Waals surface area contributed by atoms with Crippen LogP contribution in [0, 0.1) is 5.92 Å². The molecule has 3 rings (SSSR count). The predicted molar refractivity (Wildman–Crippen MR) is 96.8 cm³/mol. The van der Waals surface area contributed by atoms with E-state index < -0.39 is 0 Å². The molecule has 1 aliphatic heterocycles. The Morgan fingerprint density at radius 1 is 1.08 bits per heavy atom. The van der Waals surface area contributed by atoms with Crippen LogP contribution in [0.25, 0.3) is 11.4 Å². The summed E-state index contributed by atoms with van der Waals surface area (Å²) in [5.41, 5.74) is 3.17. The molecule has 0 spiro atoms. The second-order valence-corrected chi connectivity index (χ2v) is 7.41. The van der Waals surface area contributed by atoms with Crippen molar-refractivity contribution in [1.82, 2.24) is 24.6 Å². The molecular weight excluding hydrogens is 298 g/mol. The van der Waals surface area contributed by atoms with E-state index in [0.717, 1.165) is 30.0 Å². The van der Waals surface area contributed by atoms with Gasteiger partial charge in [-0.1, -0.05) is 0 Å². The van der Waals surface area contributed by atoms with Gasteiger partial charge in [0.2, 0.25) is 0 Å². The Kier molecular flexibility index (Phi) is 5.29. The number of hydrogen-bond donors (Lipinski definition) is 0. The molecular formula is C19H29N5. The Bertz CT molecular complexity index is 661. The van der Waals surface area contributed by atoms with Gasteiger partial charge in [-0.3, -0.25) is 14.6 Å². The first-order valence-corrected chi connectivity index (χ1v) is 9.14. The van der Waals surface area contributed by atoms with E-state index in [2.05, 4.69) is 53.7 Å². The fourth-order valence-corrected chi connectivity index (χ4v) is 3.65. The summed E-state index contributed by atoms with van der Waals surface area (Å²) >= 11 is 0. The van der Waals surface area contributed by atoms with Crippen LogP contribution < -0.4 is 0 Å². The van der Waals surface area contributed by atoms with Crippen LogP contribution in [0.4, 0.5) is 0 Å². The first-order valence-electron chi connectivity index (χ1n) is 9.14. The Morgan fingerprint density at radius 3 is 2.62 bits per heavy atom. The second kappa shape index (κ2) is 7.43. The van der Waals surface area contributed by atoms with E-state index in [-0.39, 0.29) is 0 Å². The molecule has 0 radical (unpaired) electrons. The molecule has 1 atom stereocenters. The largest absolute Gasteiger partial charge is 0.301 e. The molecule has 0 unspecified atom stereocenters. The van der Waals surface area contributed by atoms with Crippen LogP contribution in [0.1, 0.15) is 52.3 Å². The zero-order valence-corrected chi connectivity index (χ0v) is 15.3. The summed E-state index contributed by atoms with van der Waals surface area (Å²) in [6.07, 6.45) is 9.02. The highest BCUT2D eigenvalue weighted by atomic mass is 15.3. The van der Waals surface area contributed by atoms with E-state index in [9.17, 15) is 0 Å². The number of aromatic nitrogens is 4. The highest BCUT2D eigenvalue weighted by molar-refractivity contribution is 5.57. The third-order valence-electron chi connectivity index (χ3n) is 4.94. The Morgan fingerprint density at radius 2 is 1.88 bits per heavy atom. The normalized spacial score (nSPS) is 19.3. The average molecular weight is 327 g/mol. The lowest BCUT2D eigenvalue weighted by Crippen LogP contribution is -2.40. The molecule has 0 saturated carbocycles. The Hall–Kier alpha value is -1.75. The molecule has 0 amide bonds. The molecule has 5 nitrogen and oxygen atoms in total. The van der Waals surface area contributed by atoms with Crippen molar-refractivity contribution >= 4 is 0 Å². The standard InChI is InChI=1S/C19H29N5/c1-14(2)23-11-5-6-16(13-23)12-17-19(21-10-9-20-17)18-7-8-22-24(18)15(3)4/h7-10,14-16H,5-6,11-13H2,1-4H3/t16-/m0/s1. The summed E-state index contributed by atoms with van der Waals surface area (Å²) in [6.45, 7) is 11.3. The third kappa shape index (κ3) is 3.66. The monoisotopic (exact) mass is 327 g/mol. The molecule has 2 aromatic heterocycles. The minimum Gasteiger partial charge on any atom is -0.301 e. The zero-order valence-electron chi connectivity index (χ0n) is 15.3. The summed E-state index contributed by atoms with van der Waals surface area (Å²) in [5, 5.41) is 4.46. The Balaban J connectivity index is 1.83. The third-order valence-corrected chi connectivity index (χ3v) is 4.94. The predicted octanol–water partition coefficient (Wildman–Crippen LogP) is 3.58. The number of piperidine rings is 1. The molecule has 0 aromatic carbocycles. The summed E-state index contributed by atoms with van der Waals surface area (Å²) in [5.74, 6) is 0.659. The molecule has 3 heterocycles. The van der Waals surface area contributed by atoms with E-state index in [1.54, 1.807) is 6.20 Å². The van der Waals surface area contributed by atoms with Crippen molar-refractivity contribution in [3.05, 3.63) is 30.4 Å². The molecule has 24 heavy (non-hydrogen) atoms. The van der Waals surface area contributed by atoms with Gasteiger partial charge in [0.25, 0.3) is 0 Å². The van der Waals surface area contributed by atoms with Gasteiger partial charge in [-0.25, -0.2) is 0 Å². The quantitative estimate of drug-likeness (QED) is 0.842. The smallest absolute Gasteiger partial charge is 0.110 e. The minimum absolute atomic E-state index is 0.316. The molecule has 2 aromatic rings. The topological polar surface area (TPSA) is 46.8 Å². The van der Waals surface area contributed by atoms with Crippen molar-refractivity contribution in [1.29, 1.82) is 0 Å². The maximum atomic E-state index is 4.68. The molecule has 5 heteroatoms. The fourth-order valence-electron chi connectivity index (χ4n) is 3.65. The maximum Gasteiger partial charge on any atom is 0.110 e. The van der Waals surface area contributed by atoms with E-state index in [4.69, 9.17) is 0 Å². The lowest BCUT2D eigenvalue weighted by molar-refractivity contribution is 0.139. The van der Waals surface area contributed by atoms with Gasteiger partial charge in [0.05, 0.1) is 11.4 Å². The van der Waals surface area contributed by atoms with Gasteiger partial charge < -0.3 is 4.90 Å². The molecule has 1 saturated heterocycles. The number of nitrogens with zero attached hydrogens (tertiary/aromatic N) is 5. The van der Waals surface area contributed by atoms with E-state index in [1.165, 1.54) is 19.4 Å². The van der Waals surface area contributed by atoms with Crippen molar-refractivity contribution in [2.45, 2.75) is 59.0 Å². The van der Waals surface area contributed by atoms with Crippen molar-refractivity contribution in [3.8, 4) is 11.4 Å². The minimum atomic E-state index is 0.316. The summed E-state index contributed by atoms with van der Waals surface area (Å²) < 4.78 is 2.04. The van der Waals surface area contributed by atoms with E-state index in [1.807, 2.05) is 17.1 Å². The van der Waals surface area contributed by atoms with Gasteiger partial charge in [0, 0.05) is 37.2 Å². The summed E-state index contributed by atoms with van der Waals surface area (Å²) in [6, 6.07) is 2.99. The average Bonchev–Trinajstić information content (AvgIpc) is 3.05. The maximum absolute atomic E-state index is 4.68. The summed E-state index contributed by atoms with van der Waals surface area (Å²) in [7, 11) is 0. The molecule has 0 N–H and O–H groups in total. The molecule has 0 aliphatic carbocycles. The first-order chi connectivity index (χ1) is 11.6. The SMILES string of the molecule is CC(C)N1CCC[C@@H](Cc2nccnc2-c2ccnn2C(C)C)C1. The van der Waals surface area contributed by atoms with Crippen LogP contribution in [-0.4, -0.2) is 43.8 Å². The lowest BCUT2D eigenvalue weighted by Gasteiger charge is -2.35. The van der Waals surface area contributed by atoms with Crippen LogP contribution in [0.15, 0.2) is 24.7 Å². The highest BCUT2D eigenvalue weighted by Gasteiger charge is 2.24. The number of hydrogen-bond acceptors (Lipinski definition) is 4. The van der Waals surface area contributed by atoms with Crippen LogP contribution in [0.2, 0.25) is 0 Å². The van der Waals surface area contributed by atoms with Crippen LogP contribution in [-0.2, 0) is 6.42 Å². The Labute approximate surface area is 145 Å². The second-order valence-electron chi connectivity index (χ2n) is 7.41.